The van der Waals surface area contributed by atoms with E-state index >= 15 is 0 Å². The fourth-order valence-electron chi connectivity index (χ4n) is 2.52. The monoisotopic (exact) mass is 327 g/mol. The molecular formula is C18H21N3OS. The zero-order valence-electron chi connectivity index (χ0n) is 13.7. The number of hydrogen-bond donors (Lipinski definition) is 0. The van der Waals surface area contributed by atoms with E-state index in [9.17, 15) is 0 Å². The zero-order valence-corrected chi connectivity index (χ0v) is 14.5. The van der Waals surface area contributed by atoms with Crippen LogP contribution in [0.3, 0.4) is 0 Å². The number of thioether (sulfide) groups is 1. The van der Waals surface area contributed by atoms with Crippen LogP contribution in [0.15, 0.2) is 52.2 Å². The fraction of sp³-hybridized carbons (Fsp3) is 0.333. The van der Waals surface area contributed by atoms with Crippen LogP contribution in [-0.4, -0.2) is 20.0 Å². The van der Waals surface area contributed by atoms with E-state index in [0.717, 1.165) is 35.1 Å². The summed E-state index contributed by atoms with van der Waals surface area (Å²) in [6.07, 6.45) is 3.89. The Kier molecular flexibility index (Phi) is 4.86. The third kappa shape index (κ3) is 3.67. The molecule has 1 atom stereocenters. The molecule has 0 N–H and O–H groups in total. The molecule has 1 unspecified atom stereocenters. The Bertz CT molecular complexity index is 764. The molecule has 23 heavy (non-hydrogen) atoms. The van der Waals surface area contributed by atoms with Gasteiger partial charge in [-0.25, -0.2) is 0 Å². The van der Waals surface area contributed by atoms with Crippen LogP contribution in [0.1, 0.15) is 24.7 Å². The molecule has 0 aliphatic carbocycles. The molecule has 2 aromatic heterocycles. The number of hydrogen-bond acceptors (Lipinski definition) is 4. The predicted octanol–water partition coefficient (Wildman–Crippen LogP) is 4.50. The Labute approximate surface area is 140 Å². The fourth-order valence-corrected chi connectivity index (χ4v) is 3.45. The van der Waals surface area contributed by atoms with Crippen LogP contribution >= 0.6 is 11.8 Å². The number of rotatable bonds is 6. The van der Waals surface area contributed by atoms with E-state index in [-0.39, 0.29) is 0 Å². The highest BCUT2D eigenvalue weighted by Crippen LogP contribution is 2.29. The summed E-state index contributed by atoms with van der Waals surface area (Å²) in [5.41, 5.74) is 2.39. The van der Waals surface area contributed by atoms with E-state index in [1.165, 1.54) is 5.56 Å². The van der Waals surface area contributed by atoms with Crippen molar-refractivity contribution in [3.8, 4) is 11.4 Å². The van der Waals surface area contributed by atoms with Crippen molar-refractivity contribution in [1.29, 1.82) is 0 Å². The molecule has 5 heteroatoms. The van der Waals surface area contributed by atoms with Crippen molar-refractivity contribution < 1.29 is 4.42 Å². The predicted molar refractivity (Wildman–Crippen MR) is 93.5 cm³/mol. The first-order valence-corrected chi connectivity index (χ1v) is 8.67. The summed E-state index contributed by atoms with van der Waals surface area (Å²) in [6.45, 7) is 4.18. The SMILES string of the molecule is Cc1occc1-c1nnc(SC(C)CCc2ccccc2)n1C. The maximum absolute atomic E-state index is 5.36. The quantitative estimate of drug-likeness (QED) is 0.625. The summed E-state index contributed by atoms with van der Waals surface area (Å²) >= 11 is 1.77. The first-order chi connectivity index (χ1) is 11.1. The second-order valence-electron chi connectivity index (χ2n) is 5.71. The smallest absolute Gasteiger partial charge is 0.191 e. The summed E-state index contributed by atoms with van der Waals surface area (Å²) in [5.74, 6) is 1.73. The van der Waals surface area contributed by atoms with Crippen LogP contribution in [0.25, 0.3) is 11.4 Å². The Balaban J connectivity index is 1.64. The third-order valence-electron chi connectivity index (χ3n) is 3.92. The molecule has 1 aromatic carbocycles. The standard InChI is InChI=1S/C18H21N3OS/c1-13(9-10-15-7-5-4-6-8-15)23-18-20-19-17(21(18)3)16-11-12-22-14(16)2/h4-8,11-13H,9-10H2,1-3H3. The van der Waals surface area contributed by atoms with Crippen molar-refractivity contribution in [2.45, 2.75) is 37.1 Å². The first kappa shape index (κ1) is 15.9. The molecule has 0 amide bonds. The van der Waals surface area contributed by atoms with Gasteiger partial charge in [0.05, 0.1) is 11.8 Å². The lowest BCUT2D eigenvalue weighted by atomic mass is 10.1. The van der Waals surface area contributed by atoms with Crippen molar-refractivity contribution in [2.24, 2.45) is 7.05 Å². The lowest BCUT2D eigenvalue weighted by molar-refractivity contribution is 0.534. The largest absolute Gasteiger partial charge is 0.469 e. The summed E-state index contributed by atoms with van der Waals surface area (Å²) in [4.78, 5) is 0. The molecule has 2 heterocycles. The lowest BCUT2D eigenvalue weighted by Crippen LogP contribution is -2.02. The van der Waals surface area contributed by atoms with Gasteiger partial charge in [0, 0.05) is 12.3 Å². The van der Waals surface area contributed by atoms with E-state index < -0.39 is 0 Å². The van der Waals surface area contributed by atoms with Crippen LogP contribution in [0.2, 0.25) is 0 Å². The van der Waals surface area contributed by atoms with Crippen molar-refractivity contribution in [3.63, 3.8) is 0 Å². The lowest BCUT2D eigenvalue weighted by Gasteiger charge is -2.10. The van der Waals surface area contributed by atoms with Crippen LogP contribution in [0.4, 0.5) is 0 Å². The summed E-state index contributed by atoms with van der Waals surface area (Å²) in [7, 11) is 2.01. The average Bonchev–Trinajstić information content (AvgIpc) is 3.13. The number of benzene rings is 1. The maximum atomic E-state index is 5.36. The Morgan fingerprint density at radius 3 is 2.65 bits per heavy atom. The molecule has 0 radical (unpaired) electrons. The van der Waals surface area contributed by atoms with Crippen LogP contribution in [0.5, 0.6) is 0 Å². The average molecular weight is 327 g/mol. The highest BCUT2D eigenvalue weighted by atomic mass is 32.2. The molecule has 0 aliphatic rings. The topological polar surface area (TPSA) is 43.9 Å². The molecule has 0 aliphatic heterocycles. The van der Waals surface area contributed by atoms with Crippen molar-refractivity contribution in [1.82, 2.24) is 14.8 Å². The van der Waals surface area contributed by atoms with Gasteiger partial charge in [-0.3, -0.25) is 0 Å². The van der Waals surface area contributed by atoms with Gasteiger partial charge in [-0.1, -0.05) is 49.0 Å². The van der Waals surface area contributed by atoms with Gasteiger partial charge in [0.2, 0.25) is 0 Å². The molecule has 0 bridgehead atoms. The van der Waals surface area contributed by atoms with Crippen molar-refractivity contribution in [2.75, 3.05) is 0 Å². The van der Waals surface area contributed by atoms with Gasteiger partial charge in [-0.2, -0.15) is 0 Å². The van der Waals surface area contributed by atoms with Crippen LogP contribution in [-0.2, 0) is 13.5 Å². The molecule has 4 nitrogen and oxygen atoms in total. The minimum absolute atomic E-state index is 0.483. The second-order valence-corrected chi connectivity index (χ2v) is 7.11. The number of aryl methyl sites for hydroxylation is 2. The van der Waals surface area contributed by atoms with E-state index in [4.69, 9.17) is 4.42 Å². The molecular weight excluding hydrogens is 306 g/mol. The van der Waals surface area contributed by atoms with E-state index in [0.29, 0.717) is 5.25 Å². The van der Waals surface area contributed by atoms with E-state index in [1.54, 1.807) is 18.0 Å². The van der Waals surface area contributed by atoms with Gasteiger partial charge in [-0.15, -0.1) is 10.2 Å². The normalized spacial score (nSPS) is 12.5. The van der Waals surface area contributed by atoms with Gasteiger partial charge in [0.1, 0.15) is 5.76 Å². The van der Waals surface area contributed by atoms with Gasteiger partial charge in [0.15, 0.2) is 11.0 Å². The Morgan fingerprint density at radius 2 is 1.96 bits per heavy atom. The van der Waals surface area contributed by atoms with Crippen molar-refractivity contribution in [3.05, 3.63) is 54.0 Å². The number of furan rings is 1. The van der Waals surface area contributed by atoms with Gasteiger partial charge in [0.25, 0.3) is 0 Å². The minimum atomic E-state index is 0.483. The summed E-state index contributed by atoms with van der Waals surface area (Å²) < 4.78 is 7.41. The third-order valence-corrected chi connectivity index (χ3v) is 5.13. The van der Waals surface area contributed by atoms with E-state index in [1.807, 2.05) is 24.6 Å². The Morgan fingerprint density at radius 1 is 1.17 bits per heavy atom. The molecule has 0 saturated heterocycles. The van der Waals surface area contributed by atoms with Gasteiger partial charge in [-0.05, 0) is 31.4 Å². The second kappa shape index (κ2) is 7.04. The molecule has 0 saturated carbocycles. The highest BCUT2D eigenvalue weighted by molar-refractivity contribution is 7.99. The van der Waals surface area contributed by atoms with E-state index in [2.05, 4.69) is 47.5 Å². The first-order valence-electron chi connectivity index (χ1n) is 7.79. The minimum Gasteiger partial charge on any atom is -0.469 e. The van der Waals surface area contributed by atoms with Gasteiger partial charge >= 0.3 is 0 Å². The molecule has 120 valence electrons. The number of nitrogens with zero attached hydrogens (tertiary/aromatic N) is 3. The molecule has 0 spiro atoms. The van der Waals surface area contributed by atoms with Crippen LogP contribution in [0, 0.1) is 6.92 Å². The Hall–Kier alpha value is -2.01. The van der Waals surface area contributed by atoms with Gasteiger partial charge < -0.3 is 8.98 Å². The summed E-state index contributed by atoms with van der Waals surface area (Å²) in [5, 5.41) is 10.1. The molecule has 3 aromatic rings. The number of aromatic nitrogens is 3. The molecule has 3 rings (SSSR count). The zero-order chi connectivity index (χ0) is 16.2. The molecule has 0 fully saturated rings. The maximum Gasteiger partial charge on any atom is 0.191 e. The van der Waals surface area contributed by atoms with Crippen LogP contribution < -0.4 is 0 Å². The summed E-state index contributed by atoms with van der Waals surface area (Å²) in [6, 6.07) is 12.5. The van der Waals surface area contributed by atoms with Crippen molar-refractivity contribution >= 4 is 11.8 Å². The highest BCUT2D eigenvalue weighted by Gasteiger charge is 2.16.